The van der Waals surface area contributed by atoms with E-state index in [4.69, 9.17) is 0 Å². The molecule has 0 N–H and O–H groups in total. The van der Waals surface area contributed by atoms with Crippen LogP contribution < -0.4 is 0 Å². The third-order valence-electron chi connectivity index (χ3n) is 3.64. The number of aliphatic imine (C=N–C) groups is 1. The van der Waals surface area contributed by atoms with Crippen molar-refractivity contribution in [2.75, 3.05) is 0 Å². The lowest BCUT2D eigenvalue weighted by Gasteiger charge is -2.26. The SMILES string of the molecule is CC(F)c1c(F)cccc1C1(N=C=O)CCCC1. The molecule has 1 saturated carbocycles. The van der Waals surface area contributed by atoms with E-state index >= 15 is 0 Å². The highest BCUT2D eigenvalue weighted by Gasteiger charge is 2.38. The van der Waals surface area contributed by atoms with E-state index in [1.54, 1.807) is 12.1 Å². The Morgan fingerprint density at radius 1 is 1.39 bits per heavy atom. The minimum absolute atomic E-state index is 0.0263. The fourth-order valence-corrected chi connectivity index (χ4v) is 2.84. The van der Waals surface area contributed by atoms with Gasteiger partial charge in [-0.15, -0.1) is 0 Å². The van der Waals surface area contributed by atoms with Gasteiger partial charge >= 0.3 is 0 Å². The third kappa shape index (κ3) is 2.08. The fourth-order valence-electron chi connectivity index (χ4n) is 2.84. The van der Waals surface area contributed by atoms with E-state index in [1.807, 2.05) is 0 Å². The van der Waals surface area contributed by atoms with Crippen LogP contribution >= 0.6 is 0 Å². The Morgan fingerprint density at radius 3 is 2.61 bits per heavy atom. The van der Waals surface area contributed by atoms with Gasteiger partial charge in [0, 0.05) is 5.56 Å². The summed E-state index contributed by atoms with van der Waals surface area (Å²) in [6.45, 7) is 1.30. The van der Waals surface area contributed by atoms with E-state index in [2.05, 4.69) is 4.99 Å². The number of alkyl halides is 1. The number of hydrogen-bond donors (Lipinski definition) is 0. The maximum Gasteiger partial charge on any atom is 0.235 e. The van der Waals surface area contributed by atoms with Crippen molar-refractivity contribution >= 4 is 6.08 Å². The fraction of sp³-hybridized carbons (Fsp3) is 0.500. The van der Waals surface area contributed by atoms with Gasteiger partial charge in [0.2, 0.25) is 6.08 Å². The summed E-state index contributed by atoms with van der Waals surface area (Å²) in [5.74, 6) is -0.574. The summed E-state index contributed by atoms with van der Waals surface area (Å²) in [6, 6.07) is 4.44. The Kier molecular flexibility index (Phi) is 3.58. The molecule has 2 nitrogen and oxygen atoms in total. The Morgan fingerprint density at radius 2 is 2.06 bits per heavy atom. The molecule has 1 atom stereocenters. The van der Waals surface area contributed by atoms with E-state index < -0.39 is 17.5 Å². The van der Waals surface area contributed by atoms with Gasteiger partial charge in [0.1, 0.15) is 12.0 Å². The number of halogens is 2. The second-order valence-corrected chi connectivity index (χ2v) is 4.76. The highest BCUT2D eigenvalue weighted by atomic mass is 19.1. The summed E-state index contributed by atoms with van der Waals surface area (Å²) >= 11 is 0. The summed E-state index contributed by atoms with van der Waals surface area (Å²) in [4.78, 5) is 14.5. The molecule has 0 spiro atoms. The zero-order valence-electron chi connectivity index (χ0n) is 10.2. The Hall–Kier alpha value is -1.54. The second-order valence-electron chi connectivity index (χ2n) is 4.76. The first-order valence-corrected chi connectivity index (χ1v) is 6.13. The van der Waals surface area contributed by atoms with Gasteiger partial charge in [-0.05, 0) is 31.4 Å². The minimum atomic E-state index is -1.42. The van der Waals surface area contributed by atoms with Crippen molar-refractivity contribution in [2.24, 2.45) is 4.99 Å². The van der Waals surface area contributed by atoms with Crippen molar-refractivity contribution in [1.82, 2.24) is 0 Å². The van der Waals surface area contributed by atoms with Crippen LogP contribution in [0.1, 0.15) is 49.9 Å². The normalized spacial score (nSPS) is 19.3. The van der Waals surface area contributed by atoms with Gasteiger partial charge in [-0.1, -0.05) is 25.0 Å². The number of nitrogens with zero attached hydrogens (tertiary/aromatic N) is 1. The van der Waals surface area contributed by atoms with E-state index in [0.717, 1.165) is 12.8 Å². The predicted molar refractivity (Wildman–Crippen MR) is 64.2 cm³/mol. The van der Waals surface area contributed by atoms with Gasteiger partial charge in [-0.2, -0.15) is 4.99 Å². The Balaban J connectivity index is 2.62. The van der Waals surface area contributed by atoms with Crippen LogP contribution in [0.4, 0.5) is 8.78 Å². The zero-order valence-corrected chi connectivity index (χ0v) is 10.2. The molecule has 1 aliphatic rings. The maximum atomic E-state index is 13.8. The summed E-state index contributed by atoms with van der Waals surface area (Å²) in [7, 11) is 0. The van der Waals surface area contributed by atoms with Crippen LogP contribution in [0.2, 0.25) is 0 Å². The lowest BCUT2D eigenvalue weighted by atomic mass is 9.84. The van der Waals surface area contributed by atoms with Crippen LogP contribution in [-0.4, -0.2) is 6.08 Å². The third-order valence-corrected chi connectivity index (χ3v) is 3.64. The molecule has 0 saturated heterocycles. The number of rotatable bonds is 3. The molecule has 0 aromatic heterocycles. The van der Waals surface area contributed by atoms with Crippen molar-refractivity contribution in [3.63, 3.8) is 0 Å². The van der Waals surface area contributed by atoms with Crippen LogP contribution in [0.15, 0.2) is 23.2 Å². The van der Waals surface area contributed by atoms with Crippen LogP contribution in [0, 0.1) is 5.82 Å². The van der Waals surface area contributed by atoms with Crippen molar-refractivity contribution in [1.29, 1.82) is 0 Å². The lowest BCUT2D eigenvalue weighted by molar-refractivity contribution is 0.346. The summed E-state index contributed by atoms with van der Waals surface area (Å²) in [5, 5.41) is 0. The van der Waals surface area contributed by atoms with Gasteiger partial charge in [0.05, 0.1) is 5.54 Å². The molecule has 4 heteroatoms. The number of benzene rings is 1. The maximum absolute atomic E-state index is 13.8. The average Bonchev–Trinajstić information content (AvgIpc) is 2.78. The van der Waals surface area contributed by atoms with E-state index in [-0.39, 0.29) is 5.56 Å². The molecule has 1 aromatic rings. The number of carbonyl (C=O) groups excluding carboxylic acids is 1. The molecule has 0 bridgehead atoms. The monoisotopic (exact) mass is 251 g/mol. The topological polar surface area (TPSA) is 29.4 Å². The van der Waals surface area contributed by atoms with Crippen molar-refractivity contribution in [3.8, 4) is 0 Å². The van der Waals surface area contributed by atoms with Gasteiger partial charge in [-0.25, -0.2) is 13.6 Å². The van der Waals surface area contributed by atoms with Gasteiger partial charge in [0.15, 0.2) is 0 Å². The van der Waals surface area contributed by atoms with E-state index in [0.29, 0.717) is 18.4 Å². The summed E-state index contributed by atoms with van der Waals surface area (Å²) in [5.41, 5.74) is -0.253. The molecule has 18 heavy (non-hydrogen) atoms. The summed E-state index contributed by atoms with van der Waals surface area (Å²) < 4.78 is 27.4. The number of hydrogen-bond acceptors (Lipinski definition) is 2. The first-order valence-electron chi connectivity index (χ1n) is 6.13. The smallest absolute Gasteiger partial charge is 0.235 e. The van der Waals surface area contributed by atoms with Crippen LogP contribution in [0.25, 0.3) is 0 Å². The largest absolute Gasteiger partial charge is 0.242 e. The standard InChI is InChI=1S/C14H15F2NO/c1-10(15)13-11(5-4-6-12(13)16)14(17-9-18)7-2-3-8-14/h4-6,10H,2-3,7-8H2,1H3. The molecule has 1 aliphatic carbocycles. The van der Waals surface area contributed by atoms with Crippen molar-refractivity contribution in [2.45, 2.75) is 44.3 Å². The second kappa shape index (κ2) is 4.99. The first kappa shape index (κ1) is 12.9. The molecular weight excluding hydrogens is 236 g/mol. The molecule has 0 radical (unpaired) electrons. The lowest BCUT2D eigenvalue weighted by Crippen LogP contribution is -2.22. The van der Waals surface area contributed by atoms with Crippen molar-refractivity contribution in [3.05, 3.63) is 35.1 Å². The van der Waals surface area contributed by atoms with Gasteiger partial charge in [-0.3, -0.25) is 0 Å². The Labute approximate surface area is 105 Å². The Bertz CT molecular complexity index is 487. The number of isocyanates is 1. The molecule has 1 unspecified atom stereocenters. The van der Waals surface area contributed by atoms with Crippen LogP contribution in [-0.2, 0) is 10.3 Å². The quantitative estimate of drug-likeness (QED) is 0.590. The van der Waals surface area contributed by atoms with Crippen molar-refractivity contribution < 1.29 is 13.6 Å². The predicted octanol–water partition coefficient (Wildman–Crippen LogP) is 3.96. The molecule has 2 rings (SSSR count). The molecule has 1 aromatic carbocycles. The zero-order chi connectivity index (χ0) is 13.2. The van der Waals surface area contributed by atoms with Crippen LogP contribution in [0.3, 0.4) is 0 Å². The summed E-state index contributed by atoms with van der Waals surface area (Å²) in [6.07, 6.45) is 3.25. The minimum Gasteiger partial charge on any atom is -0.242 e. The van der Waals surface area contributed by atoms with Gasteiger partial charge in [0.25, 0.3) is 0 Å². The molecule has 96 valence electrons. The molecule has 0 heterocycles. The highest BCUT2D eigenvalue weighted by Crippen LogP contribution is 2.45. The van der Waals surface area contributed by atoms with E-state index in [9.17, 15) is 13.6 Å². The van der Waals surface area contributed by atoms with Gasteiger partial charge < -0.3 is 0 Å². The molecule has 0 aliphatic heterocycles. The first-order chi connectivity index (χ1) is 8.60. The van der Waals surface area contributed by atoms with Crippen LogP contribution in [0.5, 0.6) is 0 Å². The van der Waals surface area contributed by atoms with E-state index in [1.165, 1.54) is 19.1 Å². The highest BCUT2D eigenvalue weighted by molar-refractivity contribution is 5.42. The average molecular weight is 251 g/mol. The molecule has 0 amide bonds. The molecular formula is C14H15F2NO. The molecule has 1 fully saturated rings.